The predicted molar refractivity (Wildman–Crippen MR) is 64.3 cm³/mol. The fraction of sp³-hybridized carbons (Fsp3) is 0.417. The first-order chi connectivity index (χ1) is 7.74. The second-order valence-electron chi connectivity index (χ2n) is 4.38. The summed E-state index contributed by atoms with van der Waals surface area (Å²) in [6.45, 7) is 0. The number of fused-ring (bicyclic) bond motifs is 1. The average molecular weight is 235 g/mol. The zero-order valence-electron chi connectivity index (χ0n) is 8.85. The number of carboxylic acid groups (broad SMARTS) is 1. The molecule has 0 bridgehead atoms. The van der Waals surface area contributed by atoms with E-state index in [2.05, 4.69) is 17.0 Å². The third-order valence-electron chi connectivity index (χ3n) is 3.30. The number of carbonyl (C=O) groups is 1. The predicted octanol–water partition coefficient (Wildman–Crippen LogP) is 3.52. The van der Waals surface area contributed by atoms with Gasteiger partial charge in [0.05, 0.1) is 4.70 Å². The van der Waals surface area contributed by atoms with Crippen LogP contribution in [0.15, 0.2) is 18.5 Å². The summed E-state index contributed by atoms with van der Waals surface area (Å²) in [5.74, 6) is -0.825. The van der Waals surface area contributed by atoms with Crippen LogP contribution in [0.4, 0.5) is 0 Å². The fourth-order valence-electron chi connectivity index (χ4n) is 2.47. The van der Waals surface area contributed by atoms with Crippen LogP contribution < -0.4 is 0 Å². The van der Waals surface area contributed by atoms with Gasteiger partial charge in [-0.05, 0) is 18.9 Å². The van der Waals surface area contributed by atoms with Crippen molar-refractivity contribution in [3.8, 4) is 0 Å². The van der Waals surface area contributed by atoms with Gasteiger partial charge >= 0.3 is 5.97 Å². The van der Waals surface area contributed by atoms with Gasteiger partial charge in [0.15, 0.2) is 0 Å². The standard InChI is InChI=1S/C12H13NO2S/c14-12(15)10-5-8-6-13(7-11(8)16-10)9-3-1-2-4-9/h5-7,9H,1-4H2,(H,14,15). The molecule has 1 saturated carbocycles. The Morgan fingerprint density at radius 2 is 2.12 bits per heavy atom. The van der Waals surface area contributed by atoms with Crippen LogP contribution in [0.25, 0.3) is 10.1 Å². The van der Waals surface area contributed by atoms with Crippen molar-refractivity contribution in [2.24, 2.45) is 0 Å². The Morgan fingerprint density at radius 1 is 1.38 bits per heavy atom. The molecule has 16 heavy (non-hydrogen) atoms. The van der Waals surface area contributed by atoms with Gasteiger partial charge in [0.1, 0.15) is 4.88 Å². The Morgan fingerprint density at radius 3 is 2.75 bits per heavy atom. The largest absolute Gasteiger partial charge is 0.477 e. The molecule has 0 amide bonds. The van der Waals surface area contributed by atoms with Crippen molar-refractivity contribution < 1.29 is 9.90 Å². The molecule has 0 aliphatic heterocycles. The number of carboxylic acids is 1. The SMILES string of the molecule is O=C(O)c1cc2cn(C3CCCC3)cc2s1. The van der Waals surface area contributed by atoms with Gasteiger partial charge in [-0.2, -0.15) is 0 Å². The first-order valence-corrected chi connectivity index (χ1v) is 6.40. The van der Waals surface area contributed by atoms with Gasteiger partial charge in [-0.1, -0.05) is 12.8 Å². The lowest BCUT2D eigenvalue weighted by molar-refractivity contribution is 0.0702. The van der Waals surface area contributed by atoms with E-state index < -0.39 is 5.97 Å². The first-order valence-electron chi connectivity index (χ1n) is 5.58. The Bertz CT molecular complexity index is 503. The van der Waals surface area contributed by atoms with Gasteiger partial charge < -0.3 is 9.67 Å². The van der Waals surface area contributed by atoms with Crippen LogP contribution in [0.2, 0.25) is 0 Å². The highest BCUT2D eigenvalue weighted by molar-refractivity contribution is 7.20. The Hall–Kier alpha value is -1.29. The molecule has 0 atom stereocenters. The van der Waals surface area contributed by atoms with Crippen molar-refractivity contribution in [3.05, 3.63) is 23.3 Å². The van der Waals surface area contributed by atoms with Crippen LogP contribution >= 0.6 is 11.3 Å². The molecular weight excluding hydrogens is 222 g/mol. The summed E-state index contributed by atoms with van der Waals surface area (Å²) in [4.78, 5) is 11.2. The van der Waals surface area contributed by atoms with Crippen LogP contribution in [-0.4, -0.2) is 15.6 Å². The summed E-state index contributed by atoms with van der Waals surface area (Å²) in [7, 11) is 0. The number of aromatic nitrogens is 1. The molecule has 2 heterocycles. The zero-order valence-corrected chi connectivity index (χ0v) is 9.67. The van der Waals surface area contributed by atoms with Crippen molar-refractivity contribution in [1.29, 1.82) is 0 Å². The topological polar surface area (TPSA) is 42.2 Å². The van der Waals surface area contributed by atoms with Gasteiger partial charge in [0.25, 0.3) is 0 Å². The van der Waals surface area contributed by atoms with E-state index in [0.717, 1.165) is 10.1 Å². The molecule has 0 unspecified atom stereocenters. The molecule has 2 aromatic heterocycles. The van der Waals surface area contributed by atoms with E-state index in [9.17, 15) is 4.79 Å². The molecule has 0 radical (unpaired) electrons. The molecule has 4 heteroatoms. The van der Waals surface area contributed by atoms with Crippen LogP contribution in [-0.2, 0) is 0 Å². The quantitative estimate of drug-likeness (QED) is 0.865. The second-order valence-corrected chi connectivity index (χ2v) is 5.46. The summed E-state index contributed by atoms with van der Waals surface area (Å²) in [5.41, 5.74) is 0. The molecule has 0 saturated heterocycles. The molecule has 2 aromatic rings. The number of hydrogen-bond donors (Lipinski definition) is 1. The lowest BCUT2D eigenvalue weighted by Gasteiger charge is -2.10. The summed E-state index contributed by atoms with van der Waals surface area (Å²) in [5, 5.41) is 9.95. The van der Waals surface area contributed by atoms with Crippen LogP contribution in [0.5, 0.6) is 0 Å². The number of rotatable bonds is 2. The number of thiophene rings is 1. The highest BCUT2D eigenvalue weighted by atomic mass is 32.1. The summed E-state index contributed by atoms with van der Waals surface area (Å²) >= 11 is 1.36. The number of nitrogens with zero attached hydrogens (tertiary/aromatic N) is 1. The monoisotopic (exact) mass is 235 g/mol. The molecule has 84 valence electrons. The molecular formula is C12H13NO2S. The van der Waals surface area contributed by atoms with Crippen molar-refractivity contribution >= 4 is 27.4 Å². The highest BCUT2D eigenvalue weighted by Crippen LogP contribution is 2.34. The van der Waals surface area contributed by atoms with Crippen LogP contribution in [0.1, 0.15) is 41.4 Å². The highest BCUT2D eigenvalue weighted by Gasteiger charge is 2.18. The molecule has 0 spiro atoms. The molecule has 1 N–H and O–H groups in total. The third-order valence-corrected chi connectivity index (χ3v) is 4.38. The number of aromatic carboxylic acids is 1. The van der Waals surface area contributed by atoms with Crippen molar-refractivity contribution in [2.75, 3.05) is 0 Å². The number of hydrogen-bond acceptors (Lipinski definition) is 2. The van der Waals surface area contributed by atoms with Gasteiger partial charge in [0, 0.05) is 23.8 Å². The second kappa shape index (κ2) is 3.63. The zero-order chi connectivity index (χ0) is 11.1. The molecule has 1 aliphatic rings. The molecule has 1 fully saturated rings. The lowest BCUT2D eigenvalue weighted by Crippen LogP contribution is -2.00. The summed E-state index contributed by atoms with van der Waals surface area (Å²) in [6, 6.07) is 2.40. The Kier molecular flexibility index (Phi) is 2.24. The Labute approximate surface area is 97.3 Å². The lowest BCUT2D eigenvalue weighted by atomic mass is 10.2. The van der Waals surface area contributed by atoms with E-state index in [1.54, 1.807) is 6.07 Å². The molecule has 3 rings (SSSR count). The van der Waals surface area contributed by atoms with Gasteiger partial charge in [-0.25, -0.2) is 4.79 Å². The van der Waals surface area contributed by atoms with Crippen molar-refractivity contribution in [1.82, 2.24) is 4.57 Å². The summed E-state index contributed by atoms with van der Waals surface area (Å²) in [6.07, 6.45) is 9.34. The minimum atomic E-state index is -0.825. The van der Waals surface area contributed by atoms with E-state index in [0.29, 0.717) is 10.9 Å². The van der Waals surface area contributed by atoms with E-state index in [1.165, 1.54) is 37.0 Å². The van der Waals surface area contributed by atoms with Crippen molar-refractivity contribution in [2.45, 2.75) is 31.7 Å². The Balaban J connectivity index is 1.98. The minimum Gasteiger partial charge on any atom is -0.477 e. The van der Waals surface area contributed by atoms with E-state index in [4.69, 9.17) is 5.11 Å². The molecule has 0 aromatic carbocycles. The third kappa shape index (κ3) is 1.53. The van der Waals surface area contributed by atoms with Gasteiger partial charge in [0.2, 0.25) is 0 Å². The first kappa shape index (κ1) is 9.90. The van der Waals surface area contributed by atoms with E-state index in [-0.39, 0.29) is 0 Å². The van der Waals surface area contributed by atoms with E-state index >= 15 is 0 Å². The average Bonchev–Trinajstić information content (AvgIpc) is 2.91. The van der Waals surface area contributed by atoms with Crippen LogP contribution in [0.3, 0.4) is 0 Å². The van der Waals surface area contributed by atoms with Crippen LogP contribution in [0, 0.1) is 0 Å². The smallest absolute Gasteiger partial charge is 0.345 e. The normalized spacial score (nSPS) is 17.2. The maximum atomic E-state index is 10.8. The minimum absolute atomic E-state index is 0.434. The maximum absolute atomic E-state index is 10.8. The summed E-state index contributed by atoms with van der Waals surface area (Å²) < 4.78 is 3.35. The maximum Gasteiger partial charge on any atom is 0.345 e. The molecule has 3 nitrogen and oxygen atoms in total. The van der Waals surface area contributed by atoms with Gasteiger partial charge in [-0.15, -0.1) is 11.3 Å². The van der Waals surface area contributed by atoms with Crippen molar-refractivity contribution in [3.63, 3.8) is 0 Å². The molecule has 1 aliphatic carbocycles. The van der Waals surface area contributed by atoms with Gasteiger partial charge in [-0.3, -0.25) is 0 Å². The van der Waals surface area contributed by atoms with E-state index in [1.807, 2.05) is 0 Å². The fourth-order valence-corrected chi connectivity index (χ4v) is 3.39.